The van der Waals surface area contributed by atoms with Crippen LogP contribution in [0.2, 0.25) is 0 Å². The lowest BCUT2D eigenvalue weighted by Gasteiger charge is -2.18. The Hall–Kier alpha value is -1.62. The van der Waals surface area contributed by atoms with Crippen molar-refractivity contribution in [1.29, 1.82) is 0 Å². The summed E-state index contributed by atoms with van der Waals surface area (Å²) in [6.07, 6.45) is -0.376. The highest BCUT2D eigenvalue weighted by Crippen LogP contribution is 2.25. The molecule has 21 heavy (non-hydrogen) atoms. The third kappa shape index (κ3) is 3.35. The molecule has 2 atom stereocenters. The summed E-state index contributed by atoms with van der Waals surface area (Å²) in [4.78, 5) is 9.38. The number of nitro groups is 1. The van der Waals surface area contributed by atoms with Crippen molar-refractivity contribution in [3.8, 4) is 0 Å². The van der Waals surface area contributed by atoms with E-state index in [-0.39, 0.29) is 6.10 Å². The minimum Gasteiger partial charge on any atom is -0.378 e. The van der Waals surface area contributed by atoms with Crippen LogP contribution in [0.1, 0.15) is 0 Å². The molecule has 1 aromatic carbocycles. The highest BCUT2D eigenvalue weighted by molar-refractivity contribution is 7.89. The Morgan fingerprint density at radius 1 is 1.48 bits per heavy atom. The first-order valence-electron chi connectivity index (χ1n) is 6.05. The van der Waals surface area contributed by atoms with Crippen molar-refractivity contribution < 1.29 is 22.5 Å². The number of hydrogen-bond acceptors (Lipinski definition) is 6. The fourth-order valence-electron chi connectivity index (χ4n) is 2.14. The molecule has 0 aromatic heterocycles. The number of halogens is 1. The first kappa shape index (κ1) is 15.8. The molecule has 10 heteroatoms. The van der Waals surface area contributed by atoms with Gasteiger partial charge in [0, 0.05) is 20.2 Å². The third-order valence-electron chi connectivity index (χ3n) is 3.18. The Labute approximate surface area is 120 Å². The van der Waals surface area contributed by atoms with E-state index in [2.05, 4.69) is 10.0 Å². The first-order chi connectivity index (χ1) is 9.85. The normalized spacial score (nSPS) is 22.4. The Kier molecular flexibility index (Phi) is 4.52. The van der Waals surface area contributed by atoms with Crippen LogP contribution in [0.15, 0.2) is 23.1 Å². The minimum absolute atomic E-state index is 0.340. The van der Waals surface area contributed by atoms with E-state index in [4.69, 9.17) is 4.74 Å². The molecule has 1 unspecified atom stereocenters. The maximum Gasteiger partial charge on any atom is 0.292 e. The van der Waals surface area contributed by atoms with E-state index >= 15 is 0 Å². The summed E-state index contributed by atoms with van der Waals surface area (Å²) in [6.45, 7) is 0.807. The number of methoxy groups -OCH3 is 1. The van der Waals surface area contributed by atoms with E-state index in [1.807, 2.05) is 0 Å². The van der Waals surface area contributed by atoms with Gasteiger partial charge in [-0.2, -0.15) is 0 Å². The predicted molar refractivity (Wildman–Crippen MR) is 70.8 cm³/mol. The average molecular weight is 319 g/mol. The van der Waals surface area contributed by atoms with Gasteiger partial charge >= 0.3 is 0 Å². The Bertz CT molecular complexity index is 651. The zero-order valence-electron chi connectivity index (χ0n) is 11.1. The van der Waals surface area contributed by atoms with Crippen LogP contribution in [0.3, 0.4) is 0 Å². The molecular formula is C11H14FN3O5S. The molecule has 0 radical (unpaired) electrons. The van der Waals surface area contributed by atoms with Gasteiger partial charge in [0.25, 0.3) is 5.69 Å². The van der Waals surface area contributed by atoms with Crippen molar-refractivity contribution in [3.63, 3.8) is 0 Å². The van der Waals surface area contributed by atoms with E-state index in [1.54, 1.807) is 0 Å². The van der Waals surface area contributed by atoms with Crippen molar-refractivity contribution >= 4 is 15.7 Å². The molecule has 1 aliphatic rings. The van der Waals surface area contributed by atoms with Crippen LogP contribution in [0, 0.1) is 15.9 Å². The molecule has 116 valence electrons. The molecular weight excluding hydrogens is 305 g/mol. The van der Waals surface area contributed by atoms with Crippen LogP contribution in [0.25, 0.3) is 0 Å². The standard InChI is InChI=1S/C11H14FN3O5S/c1-20-10-6-13-5-8(10)14-21(18,19)11-3-2-7(12)4-9(11)15(16)17/h2-4,8,10,13-14H,5-6H2,1H3/t8?,10-/m0/s1. The molecule has 1 aromatic rings. The van der Waals surface area contributed by atoms with Gasteiger partial charge in [-0.05, 0) is 12.1 Å². The molecule has 1 heterocycles. The summed E-state index contributed by atoms with van der Waals surface area (Å²) < 4.78 is 45.1. The summed E-state index contributed by atoms with van der Waals surface area (Å²) in [6, 6.07) is 1.77. The second-order valence-corrected chi connectivity index (χ2v) is 6.21. The molecule has 0 aliphatic carbocycles. The van der Waals surface area contributed by atoms with Crippen molar-refractivity contribution in [3.05, 3.63) is 34.1 Å². The van der Waals surface area contributed by atoms with Crippen molar-refractivity contribution in [2.45, 2.75) is 17.0 Å². The second kappa shape index (κ2) is 6.02. The van der Waals surface area contributed by atoms with Crippen molar-refractivity contribution in [1.82, 2.24) is 10.0 Å². The van der Waals surface area contributed by atoms with E-state index in [0.717, 1.165) is 12.1 Å². The Morgan fingerprint density at radius 2 is 2.19 bits per heavy atom. The lowest BCUT2D eigenvalue weighted by atomic mass is 10.2. The molecule has 1 saturated heterocycles. The van der Waals surface area contributed by atoms with E-state index < -0.39 is 37.4 Å². The fourth-order valence-corrected chi connectivity index (χ4v) is 3.56. The number of benzene rings is 1. The van der Waals surface area contributed by atoms with Gasteiger partial charge < -0.3 is 10.1 Å². The lowest BCUT2D eigenvalue weighted by molar-refractivity contribution is -0.388. The van der Waals surface area contributed by atoms with E-state index in [1.165, 1.54) is 7.11 Å². The summed E-state index contributed by atoms with van der Waals surface area (Å²) in [7, 11) is -2.71. The average Bonchev–Trinajstić information content (AvgIpc) is 2.84. The van der Waals surface area contributed by atoms with Gasteiger partial charge in [-0.25, -0.2) is 17.5 Å². The molecule has 0 spiro atoms. The molecule has 0 bridgehead atoms. The molecule has 8 nitrogen and oxygen atoms in total. The van der Waals surface area contributed by atoms with Gasteiger partial charge in [0.15, 0.2) is 4.90 Å². The highest BCUT2D eigenvalue weighted by atomic mass is 32.2. The van der Waals surface area contributed by atoms with Crippen LogP contribution in [0.5, 0.6) is 0 Å². The predicted octanol–water partition coefficient (Wildman–Crippen LogP) is -0.001000. The summed E-state index contributed by atoms with van der Waals surface area (Å²) >= 11 is 0. The molecule has 1 aliphatic heterocycles. The van der Waals surface area contributed by atoms with Gasteiger partial charge in [0.2, 0.25) is 10.0 Å². The first-order valence-corrected chi connectivity index (χ1v) is 7.53. The number of nitro benzene ring substituents is 1. The largest absolute Gasteiger partial charge is 0.378 e. The number of ether oxygens (including phenoxy) is 1. The molecule has 0 saturated carbocycles. The van der Waals surface area contributed by atoms with Gasteiger partial charge in [-0.3, -0.25) is 10.1 Å². The maximum absolute atomic E-state index is 13.1. The third-order valence-corrected chi connectivity index (χ3v) is 4.71. The lowest BCUT2D eigenvalue weighted by Crippen LogP contribution is -2.43. The van der Waals surface area contributed by atoms with Crippen LogP contribution >= 0.6 is 0 Å². The van der Waals surface area contributed by atoms with Crippen LogP contribution in [-0.4, -0.2) is 45.7 Å². The number of nitrogens with one attached hydrogen (secondary N) is 2. The molecule has 2 rings (SSSR count). The molecule has 0 amide bonds. The van der Waals surface area contributed by atoms with Crippen molar-refractivity contribution in [2.75, 3.05) is 20.2 Å². The Morgan fingerprint density at radius 3 is 2.81 bits per heavy atom. The number of nitrogens with zero attached hydrogens (tertiary/aromatic N) is 1. The van der Waals surface area contributed by atoms with Crippen molar-refractivity contribution in [2.24, 2.45) is 0 Å². The second-order valence-electron chi connectivity index (χ2n) is 4.53. The zero-order valence-corrected chi connectivity index (χ0v) is 11.9. The smallest absolute Gasteiger partial charge is 0.292 e. The van der Waals surface area contributed by atoms with Gasteiger partial charge in [0.1, 0.15) is 5.82 Å². The quantitative estimate of drug-likeness (QED) is 0.584. The highest BCUT2D eigenvalue weighted by Gasteiger charge is 2.34. The van der Waals surface area contributed by atoms with Gasteiger partial charge in [-0.15, -0.1) is 0 Å². The van der Waals surface area contributed by atoms with E-state index in [0.29, 0.717) is 19.2 Å². The maximum atomic E-state index is 13.1. The number of hydrogen-bond donors (Lipinski definition) is 2. The SMILES string of the molecule is CO[C@H]1CNCC1NS(=O)(=O)c1ccc(F)cc1[N+](=O)[O-]. The number of rotatable bonds is 5. The van der Waals surface area contributed by atoms with E-state index in [9.17, 15) is 22.9 Å². The summed E-state index contributed by atoms with van der Waals surface area (Å²) in [5.41, 5.74) is -0.803. The molecule has 2 N–H and O–H groups in total. The summed E-state index contributed by atoms with van der Waals surface area (Å²) in [5, 5.41) is 13.8. The van der Waals surface area contributed by atoms with Crippen LogP contribution in [-0.2, 0) is 14.8 Å². The monoisotopic (exact) mass is 319 g/mol. The van der Waals surface area contributed by atoms with Gasteiger partial charge in [-0.1, -0.05) is 0 Å². The van der Waals surface area contributed by atoms with Crippen LogP contribution in [0.4, 0.5) is 10.1 Å². The van der Waals surface area contributed by atoms with Gasteiger partial charge in [0.05, 0.1) is 23.1 Å². The topological polar surface area (TPSA) is 111 Å². The fraction of sp³-hybridized carbons (Fsp3) is 0.455. The zero-order chi connectivity index (χ0) is 15.6. The number of sulfonamides is 1. The Balaban J connectivity index is 2.34. The molecule has 1 fully saturated rings. The van der Waals surface area contributed by atoms with Crippen LogP contribution < -0.4 is 10.0 Å². The minimum atomic E-state index is -4.16. The summed E-state index contributed by atoms with van der Waals surface area (Å²) in [5.74, 6) is -0.877.